The van der Waals surface area contributed by atoms with Gasteiger partial charge in [0.2, 0.25) is 0 Å². The monoisotopic (exact) mass is 867 g/mol. The van der Waals surface area contributed by atoms with E-state index in [-0.39, 0.29) is 0 Å². The third-order valence-electron chi connectivity index (χ3n) is 12.4. The van der Waals surface area contributed by atoms with Crippen molar-refractivity contribution in [3.05, 3.63) is 241 Å². The molecular weight excluding hydrogens is 831 g/mol. The van der Waals surface area contributed by atoms with Crippen molar-refractivity contribution in [2.24, 2.45) is 0 Å². The first kappa shape index (κ1) is 40.9. The van der Waals surface area contributed by atoms with E-state index < -0.39 is 0 Å². The van der Waals surface area contributed by atoms with E-state index in [4.69, 9.17) is 9.97 Å². The molecule has 316 valence electrons. The van der Waals surface area contributed by atoms with Crippen LogP contribution in [0.1, 0.15) is 16.7 Å². The molecule has 0 spiro atoms. The molecule has 0 bridgehead atoms. The smallest absolute Gasteiger partial charge is 0.161 e. The van der Waals surface area contributed by atoms with Crippen molar-refractivity contribution in [1.82, 2.24) is 14.5 Å². The van der Waals surface area contributed by atoms with Crippen molar-refractivity contribution >= 4 is 38.9 Å². The summed E-state index contributed by atoms with van der Waals surface area (Å²) in [7, 11) is 0. The number of nitriles is 3. The summed E-state index contributed by atoms with van der Waals surface area (Å²) in [5.41, 5.74) is 14.9. The summed E-state index contributed by atoms with van der Waals surface area (Å²) >= 11 is 0. The first-order chi connectivity index (χ1) is 33.6. The number of nitrogens with zero attached hydrogens (tertiary/aromatic N) is 7. The molecule has 0 saturated carbocycles. The zero-order valence-corrected chi connectivity index (χ0v) is 36.5. The summed E-state index contributed by atoms with van der Waals surface area (Å²) in [6.45, 7) is 0. The Morgan fingerprint density at radius 1 is 0.353 bits per heavy atom. The van der Waals surface area contributed by atoms with Crippen molar-refractivity contribution in [3.63, 3.8) is 0 Å². The van der Waals surface area contributed by atoms with Gasteiger partial charge in [-0.25, -0.2) is 9.97 Å². The van der Waals surface area contributed by atoms with Crippen molar-refractivity contribution in [2.45, 2.75) is 0 Å². The van der Waals surface area contributed by atoms with Gasteiger partial charge in [0, 0.05) is 50.2 Å². The Balaban J connectivity index is 0.904. The Kier molecular flexibility index (Phi) is 10.6. The summed E-state index contributed by atoms with van der Waals surface area (Å²) in [5, 5.41) is 32.7. The minimum atomic E-state index is 0.354. The summed E-state index contributed by atoms with van der Waals surface area (Å²) < 4.78 is 2.34. The highest BCUT2D eigenvalue weighted by atomic mass is 15.1. The Morgan fingerprint density at radius 3 is 1.56 bits per heavy atom. The van der Waals surface area contributed by atoms with Gasteiger partial charge in [-0.15, -0.1) is 0 Å². The number of anilines is 3. The second-order valence-corrected chi connectivity index (χ2v) is 16.3. The number of rotatable bonds is 9. The quantitative estimate of drug-likeness (QED) is 0.143. The van der Waals surface area contributed by atoms with Gasteiger partial charge in [-0.1, -0.05) is 133 Å². The molecule has 0 radical (unpaired) electrons. The van der Waals surface area contributed by atoms with Crippen LogP contribution in [0.25, 0.3) is 83.6 Å². The van der Waals surface area contributed by atoms with Crippen LogP contribution in [0.4, 0.5) is 17.1 Å². The lowest BCUT2D eigenvalue weighted by Gasteiger charge is -2.25. The van der Waals surface area contributed by atoms with Gasteiger partial charge in [-0.05, 0) is 113 Å². The molecule has 0 fully saturated rings. The van der Waals surface area contributed by atoms with Crippen LogP contribution in [0.3, 0.4) is 0 Å². The molecular formula is C61H37N7. The highest BCUT2D eigenvalue weighted by Gasteiger charge is 2.19. The Bertz CT molecular complexity index is 3700. The van der Waals surface area contributed by atoms with E-state index in [1.165, 1.54) is 10.8 Å². The summed E-state index contributed by atoms with van der Waals surface area (Å²) in [4.78, 5) is 12.1. The molecule has 9 aromatic carbocycles. The molecule has 0 amide bonds. The van der Waals surface area contributed by atoms with Crippen molar-refractivity contribution in [3.8, 4) is 80.1 Å². The molecule has 7 heteroatoms. The molecule has 11 rings (SSSR count). The molecule has 68 heavy (non-hydrogen) atoms. The fourth-order valence-corrected chi connectivity index (χ4v) is 9.11. The van der Waals surface area contributed by atoms with Gasteiger partial charge in [-0.3, -0.25) is 0 Å². The van der Waals surface area contributed by atoms with E-state index in [0.29, 0.717) is 50.6 Å². The van der Waals surface area contributed by atoms with E-state index >= 15 is 0 Å². The number of hydrogen-bond acceptors (Lipinski definition) is 6. The summed E-state index contributed by atoms with van der Waals surface area (Å²) in [6, 6.07) is 82.2. The SMILES string of the molecule is N#Cc1cc(-c2cc(-c3ccccc3C#N)nc(-c3ccccc3C#N)n2)ccc1-c1ccc(-c2ccc(-n3c4ccccc4c4cc(N(c5ccccc5)c5ccccc5)ccc43)cc2)cc1. The Labute approximate surface area is 393 Å². The van der Waals surface area contributed by atoms with E-state index in [2.05, 4.69) is 167 Å². The highest BCUT2D eigenvalue weighted by Crippen LogP contribution is 2.40. The molecule has 0 unspecified atom stereocenters. The average Bonchev–Trinajstić information content (AvgIpc) is 3.75. The maximum absolute atomic E-state index is 10.5. The minimum absolute atomic E-state index is 0.354. The number of fused-ring (bicyclic) bond motifs is 3. The molecule has 2 heterocycles. The lowest BCUT2D eigenvalue weighted by atomic mass is 9.94. The first-order valence-corrected chi connectivity index (χ1v) is 22.2. The predicted molar refractivity (Wildman–Crippen MR) is 272 cm³/mol. The third kappa shape index (κ3) is 7.47. The minimum Gasteiger partial charge on any atom is -0.310 e. The fraction of sp³-hybridized carbons (Fsp3) is 0. The van der Waals surface area contributed by atoms with Crippen LogP contribution >= 0.6 is 0 Å². The molecule has 2 aromatic heterocycles. The average molecular weight is 868 g/mol. The normalized spacial score (nSPS) is 10.9. The van der Waals surface area contributed by atoms with Gasteiger partial charge in [-0.2, -0.15) is 15.8 Å². The van der Waals surface area contributed by atoms with Gasteiger partial charge < -0.3 is 9.47 Å². The predicted octanol–water partition coefficient (Wildman–Crippen LogP) is 15.0. The molecule has 11 aromatic rings. The van der Waals surface area contributed by atoms with Crippen molar-refractivity contribution in [1.29, 1.82) is 15.8 Å². The Hall–Kier alpha value is -9.87. The van der Waals surface area contributed by atoms with Gasteiger partial charge >= 0.3 is 0 Å². The van der Waals surface area contributed by atoms with Crippen molar-refractivity contribution in [2.75, 3.05) is 4.90 Å². The third-order valence-corrected chi connectivity index (χ3v) is 12.4. The van der Waals surface area contributed by atoms with Crippen LogP contribution < -0.4 is 4.90 Å². The van der Waals surface area contributed by atoms with E-state index in [1.54, 1.807) is 18.2 Å². The lowest BCUT2D eigenvalue weighted by molar-refractivity contribution is 1.18. The van der Waals surface area contributed by atoms with Crippen LogP contribution in [0, 0.1) is 34.0 Å². The van der Waals surface area contributed by atoms with Gasteiger partial charge in [0.05, 0.1) is 57.3 Å². The van der Waals surface area contributed by atoms with E-state index in [9.17, 15) is 15.8 Å². The van der Waals surface area contributed by atoms with Crippen LogP contribution in [-0.2, 0) is 0 Å². The summed E-state index contributed by atoms with van der Waals surface area (Å²) in [5.74, 6) is 0.354. The number of aromatic nitrogens is 3. The standard InChI is InChI=1S/C61H37N7/c62-38-45-13-7-9-19-53(45)58-37-57(65-61(66-58)54-20-10-8-14-46(54)39-63)44-29-33-52(47(35-44)40-64)43-25-23-41(24-26-43)42-27-30-50(31-28-42)68-59-22-12-11-21-55(59)56-36-51(32-34-60(56)68)67(48-15-3-1-4-16-48)49-17-5-2-6-18-49/h1-37H. The molecule has 0 saturated heterocycles. The zero-order chi connectivity index (χ0) is 46.0. The van der Waals surface area contributed by atoms with Gasteiger partial charge in [0.25, 0.3) is 0 Å². The molecule has 0 aliphatic carbocycles. The number of hydrogen-bond donors (Lipinski definition) is 0. The molecule has 0 atom stereocenters. The first-order valence-electron chi connectivity index (χ1n) is 22.2. The van der Waals surface area contributed by atoms with Crippen LogP contribution in [0.5, 0.6) is 0 Å². The zero-order valence-electron chi connectivity index (χ0n) is 36.5. The summed E-state index contributed by atoms with van der Waals surface area (Å²) in [6.07, 6.45) is 0. The largest absolute Gasteiger partial charge is 0.310 e. The Morgan fingerprint density at radius 2 is 0.882 bits per heavy atom. The molecule has 7 nitrogen and oxygen atoms in total. The van der Waals surface area contributed by atoms with E-state index in [1.807, 2.05) is 66.7 Å². The van der Waals surface area contributed by atoms with Crippen LogP contribution in [-0.4, -0.2) is 14.5 Å². The second kappa shape index (κ2) is 17.6. The second-order valence-electron chi connectivity index (χ2n) is 16.3. The maximum atomic E-state index is 10.5. The topological polar surface area (TPSA) is 105 Å². The lowest BCUT2D eigenvalue weighted by Crippen LogP contribution is -2.09. The van der Waals surface area contributed by atoms with Crippen LogP contribution in [0.15, 0.2) is 224 Å². The van der Waals surface area contributed by atoms with Gasteiger partial charge in [0.15, 0.2) is 5.82 Å². The number of para-hydroxylation sites is 3. The fourth-order valence-electron chi connectivity index (χ4n) is 9.11. The van der Waals surface area contributed by atoms with Crippen LogP contribution in [0.2, 0.25) is 0 Å². The number of benzene rings is 9. The van der Waals surface area contributed by atoms with E-state index in [0.717, 1.165) is 56.0 Å². The highest BCUT2D eigenvalue weighted by molar-refractivity contribution is 6.10. The molecule has 0 N–H and O–H groups in total. The molecule has 0 aliphatic rings. The van der Waals surface area contributed by atoms with Crippen molar-refractivity contribution < 1.29 is 0 Å². The van der Waals surface area contributed by atoms with Gasteiger partial charge in [0.1, 0.15) is 0 Å². The maximum Gasteiger partial charge on any atom is 0.161 e. The molecule has 0 aliphatic heterocycles.